The standard InChI is InChI=1S/C29H26N4O4S2/c1-18-12-13-24-22(14-18)28(25(34)31(24)3)29(23(17-30(28)2)20-10-7-11-21(15-20)33(36)37)26(35)32(27(38)39-29)16-19-8-5-4-6-9-19/h4-15,23H,16-17H2,1-3H3. The summed E-state index contributed by atoms with van der Waals surface area (Å²) in [6.07, 6.45) is 0. The van der Waals surface area contributed by atoms with Crippen LogP contribution in [-0.2, 0) is 21.7 Å². The minimum atomic E-state index is -1.37. The smallest absolute Gasteiger partial charge is 0.269 e. The number of nitro benzene ring substituents is 1. The van der Waals surface area contributed by atoms with Gasteiger partial charge < -0.3 is 4.90 Å². The zero-order valence-corrected chi connectivity index (χ0v) is 23.3. The lowest BCUT2D eigenvalue weighted by Gasteiger charge is -2.42. The third kappa shape index (κ3) is 3.38. The van der Waals surface area contributed by atoms with E-state index in [1.165, 1.54) is 23.9 Å². The van der Waals surface area contributed by atoms with Crippen LogP contribution in [0.1, 0.15) is 28.2 Å². The number of benzene rings is 3. The van der Waals surface area contributed by atoms with E-state index in [1.807, 2.05) is 73.5 Å². The summed E-state index contributed by atoms with van der Waals surface area (Å²) in [6, 6.07) is 21.9. The Hall–Kier alpha value is -3.60. The van der Waals surface area contributed by atoms with Crippen molar-refractivity contribution < 1.29 is 14.5 Å². The third-order valence-corrected chi connectivity index (χ3v) is 10.2. The number of amides is 2. The third-order valence-electron chi connectivity index (χ3n) is 8.27. The van der Waals surface area contributed by atoms with Gasteiger partial charge in [-0.2, -0.15) is 0 Å². The van der Waals surface area contributed by atoms with E-state index in [0.717, 1.165) is 22.4 Å². The number of hydrogen-bond acceptors (Lipinski definition) is 7. The van der Waals surface area contributed by atoms with Crippen molar-refractivity contribution >= 4 is 51.5 Å². The Kier molecular flexibility index (Phi) is 5.90. The van der Waals surface area contributed by atoms with E-state index in [9.17, 15) is 19.7 Å². The van der Waals surface area contributed by atoms with Gasteiger partial charge in [-0.15, -0.1) is 0 Å². The summed E-state index contributed by atoms with van der Waals surface area (Å²) in [4.78, 5) is 45.8. The van der Waals surface area contributed by atoms with E-state index in [-0.39, 0.29) is 24.0 Å². The monoisotopic (exact) mass is 558 g/mol. The normalized spacial score (nSPS) is 26.3. The Morgan fingerprint density at radius 1 is 1.03 bits per heavy atom. The van der Waals surface area contributed by atoms with Crippen LogP contribution in [0.4, 0.5) is 11.4 Å². The van der Waals surface area contributed by atoms with Gasteiger partial charge in [-0.1, -0.05) is 84.1 Å². The molecule has 3 atom stereocenters. The van der Waals surface area contributed by atoms with Gasteiger partial charge in [-0.3, -0.25) is 29.5 Å². The molecule has 3 aliphatic heterocycles. The number of aryl methyl sites for hydroxylation is 1. The van der Waals surface area contributed by atoms with Crippen molar-refractivity contribution in [2.45, 2.75) is 29.7 Å². The van der Waals surface area contributed by atoms with Crippen LogP contribution in [0.3, 0.4) is 0 Å². The summed E-state index contributed by atoms with van der Waals surface area (Å²) in [5.41, 5.74) is 2.62. The molecule has 10 heteroatoms. The van der Waals surface area contributed by atoms with Gasteiger partial charge >= 0.3 is 0 Å². The number of rotatable bonds is 4. The van der Waals surface area contributed by atoms with Crippen molar-refractivity contribution in [1.29, 1.82) is 0 Å². The van der Waals surface area contributed by atoms with Gasteiger partial charge in [0, 0.05) is 42.9 Å². The molecule has 2 saturated heterocycles. The molecule has 6 rings (SSSR count). The van der Waals surface area contributed by atoms with E-state index in [4.69, 9.17) is 12.2 Å². The maximum absolute atomic E-state index is 14.9. The fourth-order valence-corrected chi connectivity index (χ4v) is 8.69. The molecule has 3 aromatic rings. The molecule has 0 bridgehead atoms. The summed E-state index contributed by atoms with van der Waals surface area (Å²) < 4.78 is -0.974. The molecular weight excluding hydrogens is 532 g/mol. The van der Waals surface area contributed by atoms with Crippen molar-refractivity contribution in [3.05, 3.63) is 105 Å². The average molecular weight is 559 g/mol. The lowest BCUT2D eigenvalue weighted by Crippen LogP contribution is -2.62. The summed E-state index contributed by atoms with van der Waals surface area (Å²) in [5.74, 6) is -0.996. The highest BCUT2D eigenvalue weighted by molar-refractivity contribution is 8.25. The number of nitrogens with zero attached hydrogens (tertiary/aromatic N) is 4. The quantitative estimate of drug-likeness (QED) is 0.263. The molecule has 0 aromatic heterocycles. The molecular formula is C29H26N4O4S2. The Bertz CT molecular complexity index is 1560. The zero-order chi connectivity index (χ0) is 27.7. The predicted molar refractivity (Wildman–Crippen MR) is 155 cm³/mol. The molecule has 0 aliphatic carbocycles. The van der Waals surface area contributed by atoms with Crippen molar-refractivity contribution in [2.24, 2.45) is 0 Å². The van der Waals surface area contributed by atoms with E-state index in [1.54, 1.807) is 22.9 Å². The first-order valence-electron chi connectivity index (χ1n) is 12.6. The fraction of sp³-hybridized carbons (Fsp3) is 0.276. The topological polar surface area (TPSA) is 87.0 Å². The Morgan fingerprint density at radius 3 is 2.49 bits per heavy atom. The van der Waals surface area contributed by atoms with Crippen LogP contribution in [0.15, 0.2) is 72.8 Å². The highest BCUT2D eigenvalue weighted by Crippen LogP contribution is 2.66. The average Bonchev–Trinajstić information content (AvgIpc) is 3.42. The van der Waals surface area contributed by atoms with E-state index < -0.39 is 21.1 Å². The maximum Gasteiger partial charge on any atom is 0.269 e. The van der Waals surface area contributed by atoms with Crippen LogP contribution in [-0.4, -0.2) is 56.2 Å². The summed E-state index contributed by atoms with van der Waals surface area (Å²) in [6.45, 7) is 2.58. The Morgan fingerprint density at radius 2 is 1.77 bits per heavy atom. The van der Waals surface area contributed by atoms with Crippen molar-refractivity contribution in [3.63, 3.8) is 0 Å². The van der Waals surface area contributed by atoms with Gasteiger partial charge in [-0.25, -0.2) is 0 Å². The lowest BCUT2D eigenvalue weighted by atomic mass is 9.71. The number of anilines is 1. The first kappa shape index (κ1) is 25.7. The molecule has 3 unspecified atom stereocenters. The number of carbonyl (C=O) groups excluding carboxylic acids is 2. The van der Waals surface area contributed by atoms with Crippen LogP contribution < -0.4 is 4.90 Å². The van der Waals surface area contributed by atoms with Gasteiger partial charge in [-0.05, 0) is 31.2 Å². The number of nitro groups is 1. The van der Waals surface area contributed by atoms with Crippen LogP contribution in [0.5, 0.6) is 0 Å². The molecule has 0 radical (unpaired) electrons. The first-order chi connectivity index (χ1) is 18.6. The molecule has 2 spiro atoms. The Balaban J connectivity index is 1.61. The molecule has 3 aromatic carbocycles. The minimum absolute atomic E-state index is 0.0588. The second-order valence-corrected chi connectivity index (χ2v) is 12.2. The summed E-state index contributed by atoms with van der Waals surface area (Å²) >= 11 is 7.11. The first-order valence-corrected chi connectivity index (χ1v) is 13.8. The molecule has 0 N–H and O–H groups in total. The van der Waals surface area contributed by atoms with Crippen molar-refractivity contribution in [2.75, 3.05) is 25.5 Å². The largest absolute Gasteiger partial charge is 0.313 e. The van der Waals surface area contributed by atoms with Gasteiger partial charge in [0.15, 0.2) is 5.54 Å². The van der Waals surface area contributed by atoms with Gasteiger partial charge in [0.2, 0.25) is 5.91 Å². The Labute approximate surface area is 235 Å². The SMILES string of the molecule is Cc1ccc2c(c1)C1(C(=O)N2C)N(C)CC(c2cccc([N+](=O)[O-])c2)C12SC(=S)N(Cc1ccccc1)C2=O. The highest BCUT2D eigenvalue weighted by Gasteiger charge is 2.78. The fourth-order valence-electron chi connectivity index (χ4n) is 6.57. The van der Waals surface area contributed by atoms with E-state index in [0.29, 0.717) is 16.4 Å². The van der Waals surface area contributed by atoms with Crippen LogP contribution in [0.25, 0.3) is 0 Å². The molecule has 2 amide bonds. The number of non-ortho nitro benzene ring substituents is 1. The van der Waals surface area contributed by atoms with Crippen LogP contribution >= 0.6 is 24.0 Å². The molecule has 198 valence electrons. The predicted octanol–water partition coefficient (Wildman–Crippen LogP) is 4.60. The molecule has 0 saturated carbocycles. The summed E-state index contributed by atoms with van der Waals surface area (Å²) in [5, 5.41) is 11.7. The number of thiocarbonyl (C=S) groups is 1. The molecule has 3 heterocycles. The van der Waals surface area contributed by atoms with Crippen LogP contribution in [0.2, 0.25) is 0 Å². The molecule has 39 heavy (non-hydrogen) atoms. The number of thioether (sulfide) groups is 1. The van der Waals surface area contributed by atoms with Crippen molar-refractivity contribution in [1.82, 2.24) is 9.80 Å². The number of fused-ring (bicyclic) bond motifs is 3. The molecule has 8 nitrogen and oxygen atoms in total. The minimum Gasteiger partial charge on any atom is -0.313 e. The van der Waals surface area contributed by atoms with Crippen LogP contribution in [0, 0.1) is 17.0 Å². The number of carbonyl (C=O) groups is 2. The van der Waals surface area contributed by atoms with E-state index >= 15 is 0 Å². The second kappa shape index (κ2) is 8.97. The second-order valence-electron chi connectivity index (χ2n) is 10.4. The molecule has 3 aliphatic rings. The molecule has 2 fully saturated rings. The van der Waals surface area contributed by atoms with Gasteiger partial charge in [0.1, 0.15) is 9.07 Å². The van der Waals surface area contributed by atoms with Gasteiger partial charge in [0.05, 0.1) is 11.5 Å². The highest BCUT2D eigenvalue weighted by atomic mass is 32.2. The maximum atomic E-state index is 14.9. The lowest BCUT2D eigenvalue weighted by molar-refractivity contribution is -0.384. The summed E-state index contributed by atoms with van der Waals surface area (Å²) in [7, 11) is 3.59. The van der Waals surface area contributed by atoms with Gasteiger partial charge in [0.25, 0.3) is 11.6 Å². The number of hydrogen-bond donors (Lipinski definition) is 0. The number of likely N-dealkylation sites (tertiary alicyclic amines) is 1. The zero-order valence-electron chi connectivity index (χ0n) is 21.7. The van der Waals surface area contributed by atoms with E-state index in [2.05, 4.69) is 0 Å². The van der Waals surface area contributed by atoms with Crippen molar-refractivity contribution in [3.8, 4) is 0 Å². The number of likely N-dealkylation sites (N-methyl/N-ethyl adjacent to an activating group) is 2.